The summed E-state index contributed by atoms with van der Waals surface area (Å²) in [4.78, 5) is 12.4. The smallest absolute Gasteiger partial charge is 0.137 e. The normalized spacial score (nSPS) is 10.6. The molecule has 5 heteroatoms. The minimum absolute atomic E-state index is 0.905. The summed E-state index contributed by atoms with van der Waals surface area (Å²) < 4.78 is 2.02. The molecule has 3 rings (SSSR count). The molecule has 0 saturated heterocycles. The van der Waals surface area contributed by atoms with E-state index in [1.54, 1.807) is 12.4 Å². The van der Waals surface area contributed by atoms with Crippen molar-refractivity contribution in [3.8, 4) is 11.3 Å². The Hall–Kier alpha value is -2.43. The van der Waals surface area contributed by atoms with Crippen LogP contribution in [0.3, 0.4) is 0 Å². The van der Waals surface area contributed by atoms with Crippen molar-refractivity contribution in [2.24, 2.45) is 0 Å². The second kappa shape index (κ2) is 3.86. The third-order valence-corrected chi connectivity index (χ3v) is 2.65. The van der Waals surface area contributed by atoms with Gasteiger partial charge in [0.25, 0.3) is 0 Å². The summed E-state index contributed by atoms with van der Waals surface area (Å²) in [6.45, 7) is 0. The molecule has 0 aliphatic heterocycles. The Morgan fingerprint density at radius 3 is 2.71 bits per heavy atom. The maximum Gasteiger partial charge on any atom is 0.137 e. The number of rotatable bonds is 2. The number of aromatic nitrogens is 4. The minimum Gasteiger partial charge on any atom is -0.387 e. The van der Waals surface area contributed by atoms with E-state index in [1.807, 2.05) is 36.0 Å². The van der Waals surface area contributed by atoms with Gasteiger partial charge in [0.2, 0.25) is 0 Å². The van der Waals surface area contributed by atoms with Gasteiger partial charge in [-0.15, -0.1) is 0 Å². The van der Waals surface area contributed by atoms with Gasteiger partial charge in [0.05, 0.1) is 17.6 Å². The fourth-order valence-electron chi connectivity index (χ4n) is 1.77. The zero-order valence-corrected chi connectivity index (χ0v) is 9.33. The predicted molar refractivity (Wildman–Crippen MR) is 65.8 cm³/mol. The van der Waals surface area contributed by atoms with Crippen molar-refractivity contribution < 1.29 is 0 Å². The number of hydrogen-bond acceptors (Lipinski definition) is 4. The Kier molecular flexibility index (Phi) is 2.22. The zero-order chi connectivity index (χ0) is 11.7. The lowest BCUT2D eigenvalue weighted by Crippen LogP contribution is -1.93. The highest BCUT2D eigenvalue weighted by atomic mass is 15.0. The SMILES string of the molecule is CNc1ccc2ncc(-c3cncnc3)n2c1. The highest BCUT2D eigenvalue weighted by molar-refractivity contribution is 5.63. The van der Waals surface area contributed by atoms with Crippen molar-refractivity contribution in [3.63, 3.8) is 0 Å². The van der Waals surface area contributed by atoms with Crippen LogP contribution in [0.5, 0.6) is 0 Å². The number of fused-ring (bicyclic) bond motifs is 1. The third-order valence-electron chi connectivity index (χ3n) is 2.65. The molecule has 0 saturated carbocycles. The minimum atomic E-state index is 0.905. The third kappa shape index (κ3) is 1.61. The van der Waals surface area contributed by atoms with Crippen molar-refractivity contribution in [1.29, 1.82) is 0 Å². The van der Waals surface area contributed by atoms with Gasteiger partial charge in [-0.05, 0) is 12.1 Å². The van der Waals surface area contributed by atoms with E-state index in [-0.39, 0.29) is 0 Å². The van der Waals surface area contributed by atoms with Gasteiger partial charge in [0.15, 0.2) is 0 Å². The first-order valence-corrected chi connectivity index (χ1v) is 5.29. The maximum absolute atomic E-state index is 4.35. The van der Waals surface area contributed by atoms with E-state index >= 15 is 0 Å². The maximum atomic E-state index is 4.35. The van der Waals surface area contributed by atoms with E-state index in [0.29, 0.717) is 0 Å². The number of anilines is 1. The van der Waals surface area contributed by atoms with Crippen LogP contribution >= 0.6 is 0 Å². The first-order valence-electron chi connectivity index (χ1n) is 5.29. The van der Waals surface area contributed by atoms with Crippen LogP contribution in [0.2, 0.25) is 0 Å². The fourth-order valence-corrected chi connectivity index (χ4v) is 1.77. The zero-order valence-electron chi connectivity index (χ0n) is 9.33. The van der Waals surface area contributed by atoms with E-state index in [0.717, 1.165) is 22.6 Å². The topological polar surface area (TPSA) is 55.1 Å². The standard InChI is InChI=1S/C12H11N5/c1-13-10-2-3-12-16-6-11(17(12)7-10)9-4-14-8-15-5-9/h2-8,13H,1H3. The van der Waals surface area contributed by atoms with Gasteiger partial charge in [0.1, 0.15) is 12.0 Å². The van der Waals surface area contributed by atoms with Crippen molar-refractivity contribution in [2.75, 3.05) is 12.4 Å². The Labute approximate surface area is 98.2 Å². The van der Waals surface area contributed by atoms with E-state index in [9.17, 15) is 0 Å². The summed E-state index contributed by atoms with van der Waals surface area (Å²) in [6, 6.07) is 3.97. The number of nitrogens with one attached hydrogen (secondary N) is 1. The molecular formula is C12H11N5. The Morgan fingerprint density at radius 1 is 1.12 bits per heavy atom. The molecule has 3 heterocycles. The van der Waals surface area contributed by atoms with Crippen LogP contribution in [0.25, 0.3) is 16.9 Å². The van der Waals surface area contributed by atoms with Crippen molar-refractivity contribution >= 4 is 11.3 Å². The molecule has 0 aliphatic rings. The van der Waals surface area contributed by atoms with Crippen LogP contribution in [-0.4, -0.2) is 26.4 Å². The van der Waals surface area contributed by atoms with Crippen LogP contribution in [0.1, 0.15) is 0 Å². The average molecular weight is 225 g/mol. The molecule has 84 valence electrons. The lowest BCUT2D eigenvalue weighted by atomic mass is 10.2. The Bertz CT molecular complexity index is 644. The molecule has 0 fully saturated rings. The van der Waals surface area contributed by atoms with Crippen LogP contribution < -0.4 is 5.32 Å². The molecule has 0 bridgehead atoms. The summed E-state index contributed by atoms with van der Waals surface area (Å²) in [5.41, 5.74) is 3.88. The number of pyridine rings is 1. The summed E-state index contributed by atoms with van der Waals surface area (Å²) in [5.74, 6) is 0. The molecule has 1 N–H and O–H groups in total. The molecule has 0 radical (unpaired) electrons. The second-order valence-corrected chi connectivity index (χ2v) is 3.67. The van der Waals surface area contributed by atoms with E-state index < -0.39 is 0 Å². The van der Waals surface area contributed by atoms with E-state index in [1.165, 1.54) is 6.33 Å². The Morgan fingerprint density at radius 2 is 1.94 bits per heavy atom. The first kappa shape index (κ1) is 9.77. The summed E-state index contributed by atoms with van der Waals surface area (Å²) >= 11 is 0. The van der Waals surface area contributed by atoms with Crippen LogP contribution in [0.4, 0.5) is 5.69 Å². The molecule has 0 amide bonds. The molecule has 0 atom stereocenters. The lowest BCUT2D eigenvalue weighted by Gasteiger charge is -2.04. The highest BCUT2D eigenvalue weighted by Gasteiger charge is 2.06. The van der Waals surface area contributed by atoms with Gasteiger partial charge < -0.3 is 5.32 Å². The summed E-state index contributed by atoms with van der Waals surface area (Å²) in [7, 11) is 1.89. The van der Waals surface area contributed by atoms with Crippen LogP contribution in [0, 0.1) is 0 Å². The largest absolute Gasteiger partial charge is 0.387 e. The summed E-state index contributed by atoms with van der Waals surface area (Å²) in [5, 5.41) is 3.11. The number of hydrogen-bond donors (Lipinski definition) is 1. The molecule has 17 heavy (non-hydrogen) atoms. The summed E-state index contributed by atoms with van der Waals surface area (Å²) in [6.07, 6.45) is 8.91. The van der Waals surface area contributed by atoms with Crippen LogP contribution in [0.15, 0.2) is 43.2 Å². The van der Waals surface area contributed by atoms with Gasteiger partial charge in [-0.3, -0.25) is 4.40 Å². The van der Waals surface area contributed by atoms with Gasteiger partial charge in [-0.1, -0.05) is 0 Å². The molecule has 3 aromatic heterocycles. The van der Waals surface area contributed by atoms with E-state index in [2.05, 4.69) is 20.3 Å². The van der Waals surface area contributed by atoms with Gasteiger partial charge >= 0.3 is 0 Å². The van der Waals surface area contributed by atoms with Gasteiger partial charge in [-0.2, -0.15) is 0 Å². The quantitative estimate of drug-likeness (QED) is 0.723. The van der Waals surface area contributed by atoms with Crippen LogP contribution in [-0.2, 0) is 0 Å². The highest BCUT2D eigenvalue weighted by Crippen LogP contribution is 2.20. The number of imidazole rings is 1. The molecule has 0 aromatic carbocycles. The molecule has 3 aromatic rings. The second-order valence-electron chi connectivity index (χ2n) is 3.67. The fraction of sp³-hybridized carbons (Fsp3) is 0.0833. The van der Waals surface area contributed by atoms with Crippen molar-refractivity contribution in [2.45, 2.75) is 0 Å². The molecule has 0 spiro atoms. The molecular weight excluding hydrogens is 214 g/mol. The Balaban J connectivity index is 2.23. The molecule has 5 nitrogen and oxygen atoms in total. The first-order chi connectivity index (χ1) is 8.38. The molecule has 0 unspecified atom stereocenters. The van der Waals surface area contributed by atoms with Crippen molar-refractivity contribution in [1.82, 2.24) is 19.4 Å². The van der Waals surface area contributed by atoms with Gasteiger partial charge in [0, 0.05) is 31.2 Å². The lowest BCUT2D eigenvalue weighted by molar-refractivity contribution is 1.14. The average Bonchev–Trinajstić information content (AvgIpc) is 2.82. The predicted octanol–water partition coefficient (Wildman–Crippen LogP) is 1.83. The monoisotopic (exact) mass is 225 g/mol. The number of nitrogens with zero attached hydrogens (tertiary/aromatic N) is 4. The van der Waals surface area contributed by atoms with Crippen molar-refractivity contribution in [3.05, 3.63) is 43.2 Å². The van der Waals surface area contributed by atoms with Gasteiger partial charge in [-0.25, -0.2) is 15.0 Å². The van der Waals surface area contributed by atoms with E-state index in [4.69, 9.17) is 0 Å². The molecule has 0 aliphatic carbocycles.